The van der Waals surface area contributed by atoms with E-state index < -0.39 is 11.8 Å². The summed E-state index contributed by atoms with van der Waals surface area (Å²) in [5, 5.41) is 0.967. The molecule has 1 aromatic carbocycles. The molecular weight excluding hydrogens is 386 g/mol. The second-order valence-corrected chi connectivity index (χ2v) is 7.08. The zero-order chi connectivity index (χ0) is 18.1. The quantitative estimate of drug-likeness (QED) is 0.446. The highest BCUT2D eigenvalue weighted by Crippen LogP contribution is 2.34. The van der Waals surface area contributed by atoms with Gasteiger partial charge in [0.1, 0.15) is 26.5 Å². The van der Waals surface area contributed by atoms with E-state index in [1.165, 1.54) is 23.5 Å². The summed E-state index contributed by atoms with van der Waals surface area (Å²) in [7, 11) is 0. The number of esters is 1. The molecule has 0 unspecified atom stereocenters. The number of carbonyl (C=O) groups excluding carboxylic acids is 1. The molecule has 0 saturated carbocycles. The van der Waals surface area contributed by atoms with Crippen LogP contribution >= 0.6 is 34.5 Å². The minimum atomic E-state index is -0.479. The fourth-order valence-corrected chi connectivity index (χ4v) is 4.12. The largest absolute Gasteiger partial charge is 0.462 e. The fraction of sp³-hybridized carbons (Fsp3) is 0.235. The SMILES string of the molecule is CCOC(=O)c1sc2nc(Cc3ccc(F)c(Cl)c3)nc(Cl)c2c1C. The van der Waals surface area contributed by atoms with Crippen LogP contribution in [0.4, 0.5) is 4.39 Å². The number of benzene rings is 1. The highest BCUT2D eigenvalue weighted by molar-refractivity contribution is 7.20. The van der Waals surface area contributed by atoms with E-state index in [4.69, 9.17) is 27.9 Å². The van der Waals surface area contributed by atoms with Crippen molar-refractivity contribution >= 4 is 50.7 Å². The molecule has 0 aliphatic heterocycles. The molecular formula is C17H13Cl2FN2O2S. The highest BCUT2D eigenvalue weighted by atomic mass is 35.5. The number of halogens is 3. The van der Waals surface area contributed by atoms with Crippen molar-refractivity contribution in [1.29, 1.82) is 0 Å². The smallest absolute Gasteiger partial charge is 0.348 e. The molecule has 2 heterocycles. The van der Waals surface area contributed by atoms with Crippen LogP contribution in [-0.2, 0) is 11.2 Å². The van der Waals surface area contributed by atoms with Gasteiger partial charge in [0.25, 0.3) is 0 Å². The van der Waals surface area contributed by atoms with E-state index in [0.29, 0.717) is 39.5 Å². The van der Waals surface area contributed by atoms with Gasteiger partial charge in [0, 0.05) is 6.42 Å². The lowest BCUT2D eigenvalue weighted by Gasteiger charge is -2.04. The van der Waals surface area contributed by atoms with Crippen LogP contribution in [0.2, 0.25) is 10.2 Å². The number of fused-ring (bicyclic) bond motifs is 1. The summed E-state index contributed by atoms with van der Waals surface area (Å²) in [6.45, 7) is 3.83. The van der Waals surface area contributed by atoms with Crippen LogP contribution in [0.3, 0.4) is 0 Å². The first-order chi connectivity index (χ1) is 11.9. The standard InChI is InChI=1S/C17H13Cl2FN2O2S/c1-3-24-17(23)14-8(2)13-15(19)21-12(22-16(13)25-14)7-9-4-5-11(20)10(18)6-9/h4-6H,3,7H2,1-2H3. The van der Waals surface area contributed by atoms with Crippen molar-refractivity contribution in [2.75, 3.05) is 6.61 Å². The molecule has 0 aliphatic carbocycles. The lowest BCUT2D eigenvalue weighted by Crippen LogP contribution is -2.03. The van der Waals surface area contributed by atoms with E-state index in [2.05, 4.69) is 9.97 Å². The number of aromatic nitrogens is 2. The first-order valence-corrected chi connectivity index (χ1v) is 9.04. The molecule has 3 rings (SSSR count). The van der Waals surface area contributed by atoms with Gasteiger partial charge in [-0.15, -0.1) is 11.3 Å². The molecule has 0 N–H and O–H groups in total. The van der Waals surface area contributed by atoms with Crippen molar-refractivity contribution < 1.29 is 13.9 Å². The molecule has 3 aromatic rings. The number of thiophene rings is 1. The van der Waals surface area contributed by atoms with Gasteiger partial charge in [0.05, 0.1) is 17.0 Å². The Labute approximate surface area is 157 Å². The Kier molecular flexibility index (Phi) is 5.22. The normalized spacial score (nSPS) is 11.1. The maximum atomic E-state index is 13.3. The monoisotopic (exact) mass is 398 g/mol. The van der Waals surface area contributed by atoms with E-state index >= 15 is 0 Å². The van der Waals surface area contributed by atoms with Crippen LogP contribution in [0, 0.1) is 12.7 Å². The van der Waals surface area contributed by atoms with E-state index in [1.54, 1.807) is 19.9 Å². The average molecular weight is 399 g/mol. The van der Waals surface area contributed by atoms with Crippen LogP contribution in [0.15, 0.2) is 18.2 Å². The van der Waals surface area contributed by atoms with Gasteiger partial charge in [0.2, 0.25) is 0 Å². The zero-order valence-electron chi connectivity index (χ0n) is 13.4. The number of hydrogen-bond acceptors (Lipinski definition) is 5. The Balaban J connectivity index is 2.01. The number of carbonyl (C=O) groups is 1. The number of ether oxygens (including phenoxy) is 1. The van der Waals surface area contributed by atoms with Crippen LogP contribution in [0.25, 0.3) is 10.2 Å². The molecule has 0 saturated heterocycles. The summed E-state index contributed by atoms with van der Waals surface area (Å²) in [5.74, 6) is -0.407. The molecule has 0 fully saturated rings. The van der Waals surface area contributed by atoms with Crippen LogP contribution in [-0.4, -0.2) is 22.5 Å². The first-order valence-electron chi connectivity index (χ1n) is 7.47. The third-order valence-electron chi connectivity index (χ3n) is 3.60. The Morgan fingerprint density at radius 3 is 2.76 bits per heavy atom. The Bertz CT molecular complexity index is 975. The molecule has 0 radical (unpaired) electrons. The minimum absolute atomic E-state index is 0.0428. The van der Waals surface area contributed by atoms with Crippen molar-refractivity contribution in [3.8, 4) is 0 Å². The Morgan fingerprint density at radius 1 is 1.32 bits per heavy atom. The van der Waals surface area contributed by atoms with E-state index in [9.17, 15) is 9.18 Å². The van der Waals surface area contributed by atoms with Crippen LogP contribution in [0.1, 0.15) is 33.5 Å². The molecule has 2 aromatic heterocycles. The van der Waals surface area contributed by atoms with Gasteiger partial charge in [-0.05, 0) is 37.1 Å². The number of nitrogens with zero attached hydrogens (tertiary/aromatic N) is 2. The molecule has 0 spiro atoms. The van der Waals surface area contributed by atoms with Gasteiger partial charge >= 0.3 is 5.97 Å². The maximum absolute atomic E-state index is 13.3. The van der Waals surface area contributed by atoms with Gasteiger partial charge in [-0.1, -0.05) is 29.3 Å². The molecule has 0 bridgehead atoms. The van der Waals surface area contributed by atoms with Crippen molar-refractivity contribution in [1.82, 2.24) is 9.97 Å². The maximum Gasteiger partial charge on any atom is 0.348 e. The number of aryl methyl sites for hydroxylation is 1. The van der Waals surface area contributed by atoms with Gasteiger partial charge < -0.3 is 4.74 Å². The minimum Gasteiger partial charge on any atom is -0.462 e. The second kappa shape index (κ2) is 7.23. The Morgan fingerprint density at radius 2 is 2.08 bits per heavy atom. The summed E-state index contributed by atoms with van der Waals surface area (Å²) in [4.78, 5) is 21.9. The lowest BCUT2D eigenvalue weighted by atomic mass is 10.1. The molecule has 130 valence electrons. The summed E-state index contributed by atoms with van der Waals surface area (Å²) < 4.78 is 18.3. The molecule has 25 heavy (non-hydrogen) atoms. The first kappa shape index (κ1) is 18.0. The molecule has 8 heteroatoms. The predicted octanol–water partition coefficient (Wildman–Crippen LogP) is 5.21. The third kappa shape index (κ3) is 3.61. The van der Waals surface area contributed by atoms with Gasteiger partial charge in [-0.2, -0.15) is 0 Å². The zero-order valence-corrected chi connectivity index (χ0v) is 15.7. The van der Waals surface area contributed by atoms with Gasteiger partial charge in [-0.25, -0.2) is 19.2 Å². The number of hydrogen-bond donors (Lipinski definition) is 0. The van der Waals surface area contributed by atoms with Crippen molar-refractivity contribution in [3.05, 3.63) is 56.0 Å². The topological polar surface area (TPSA) is 52.1 Å². The third-order valence-corrected chi connectivity index (χ3v) is 5.33. The van der Waals surface area contributed by atoms with E-state index in [0.717, 1.165) is 5.56 Å². The number of rotatable bonds is 4. The van der Waals surface area contributed by atoms with Gasteiger partial charge in [-0.3, -0.25) is 0 Å². The fourth-order valence-electron chi connectivity index (χ4n) is 2.43. The molecule has 0 atom stereocenters. The summed E-state index contributed by atoms with van der Waals surface area (Å²) in [5.41, 5.74) is 1.47. The van der Waals surface area contributed by atoms with Crippen LogP contribution in [0.5, 0.6) is 0 Å². The Hall–Kier alpha value is -1.76. The van der Waals surface area contributed by atoms with Crippen LogP contribution < -0.4 is 0 Å². The van der Waals surface area contributed by atoms with Crippen molar-refractivity contribution in [2.24, 2.45) is 0 Å². The summed E-state index contributed by atoms with van der Waals surface area (Å²) in [6.07, 6.45) is 0.349. The molecule has 0 amide bonds. The van der Waals surface area contributed by atoms with E-state index in [1.807, 2.05) is 0 Å². The van der Waals surface area contributed by atoms with Crippen molar-refractivity contribution in [3.63, 3.8) is 0 Å². The van der Waals surface area contributed by atoms with Crippen molar-refractivity contribution in [2.45, 2.75) is 20.3 Å². The van der Waals surface area contributed by atoms with Gasteiger partial charge in [0.15, 0.2) is 0 Å². The second-order valence-electron chi connectivity index (χ2n) is 5.31. The summed E-state index contributed by atoms with van der Waals surface area (Å²) >= 11 is 13.3. The van der Waals surface area contributed by atoms with E-state index in [-0.39, 0.29) is 10.2 Å². The lowest BCUT2D eigenvalue weighted by molar-refractivity contribution is 0.0531. The molecule has 4 nitrogen and oxygen atoms in total. The summed E-state index contributed by atoms with van der Waals surface area (Å²) in [6, 6.07) is 4.44. The molecule has 0 aliphatic rings. The average Bonchev–Trinajstić information content (AvgIpc) is 2.88. The highest BCUT2D eigenvalue weighted by Gasteiger charge is 2.20. The predicted molar refractivity (Wildman–Crippen MR) is 97.3 cm³/mol.